The summed E-state index contributed by atoms with van der Waals surface area (Å²) in [6.45, 7) is 0. The monoisotopic (exact) mass is 1000 g/mol. The molecule has 230 valence electrons. The normalized spacial score (nSPS) is 11.1. The van der Waals surface area contributed by atoms with Crippen LogP contribution in [0, 0.1) is 42.8 Å². The molecule has 1 aliphatic rings. The van der Waals surface area contributed by atoms with E-state index in [0.29, 0.717) is 0 Å². The van der Waals surface area contributed by atoms with Crippen molar-refractivity contribution in [3.05, 3.63) is 165 Å². The summed E-state index contributed by atoms with van der Waals surface area (Å²) in [5.41, 5.74) is 4.63. The zero-order chi connectivity index (χ0) is 30.8. The number of pyridine rings is 1. The van der Waals surface area contributed by atoms with Crippen LogP contribution in [-0.4, -0.2) is 31.8 Å². The smallest absolute Gasteiger partial charge is 0.669 e. The molecule has 3 heterocycles. The molecule has 6 aromatic rings. The van der Waals surface area contributed by atoms with E-state index >= 15 is 0 Å². The Bertz CT molecular complexity index is 2080. The van der Waals surface area contributed by atoms with Crippen molar-refractivity contribution in [1.82, 2.24) is 9.55 Å². The third-order valence-corrected chi connectivity index (χ3v) is 8.23. The van der Waals surface area contributed by atoms with Gasteiger partial charge in [0.05, 0.1) is 0 Å². The molecular formula is C39H24N4Pt2S2+2. The molecule has 0 saturated carbocycles. The predicted octanol–water partition coefficient (Wildman–Crippen LogP) is 8.54. The fourth-order valence-corrected chi connectivity index (χ4v) is 5.94. The summed E-state index contributed by atoms with van der Waals surface area (Å²) in [6.07, 6.45) is 15.7. The second kappa shape index (κ2) is 17.8. The van der Waals surface area contributed by atoms with Gasteiger partial charge < -0.3 is 16.0 Å². The van der Waals surface area contributed by atoms with Crippen LogP contribution in [0.15, 0.2) is 148 Å². The van der Waals surface area contributed by atoms with Crippen molar-refractivity contribution in [3.63, 3.8) is 0 Å². The van der Waals surface area contributed by atoms with Gasteiger partial charge in [-0.05, 0) is 12.1 Å². The van der Waals surface area contributed by atoms with Crippen molar-refractivity contribution in [2.24, 2.45) is 0 Å². The van der Waals surface area contributed by atoms with Gasteiger partial charge in [-0.15, -0.1) is 64.3 Å². The Morgan fingerprint density at radius 3 is 2.06 bits per heavy atom. The Hall–Kier alpha value is -3.93. The maximum absolute atomic E-state index is 6.57. The van der Waals surface area contributed by atoms with E-state index in [9.17, 15) is 0 Å². The molecule has 7 rings (SSSR count). The van der Waals surface area contributed by atoms with Gasteiger partial charge in [-0.3, -0.25) is 11.1 Å². The SMILES string of the molecule is C[N+]1=C=[N+](c2[c-]c(Sc3[c-]c(-c4cc(-c5[c-]c(Sc6[c-]cccc6)ccc5)[c-]cn4)ccc3)ccc2)C=C1.[C-]#Cn1cccc1.[Pt+2].[Pt+4]. The zero-order valence-corrected chi connectivity index (χ0v) is 31.0. The van der Waals surface area contributed by atoms with E-state index < -0.39 is 0 Å². The molecular weight excluding hydrogens is 979 g/mol. The van der Waals surface area contributed by atoms with Crippen molar-refractivity contribution in [1.29, 1.82) is 0 Å². The first kappa shape index (κ1) is 35.9. The topological polar surface area (TPSA) is 23.8 Å². The molecule has 8 heteroatoms. The van der Waals surface area contributed by atoms with E-state index in [4.69, 9.17) is 6.42 Å². The molecule has 0 amide bonds. The first-order valence-electron chi connectivity index (χ1n) is 13.9. The number of rotatable bonds is 7. The van der Waals surface area contributed by atoms with Crippen LogP contribution in [0.4, 0.5) is 5.69 Å². The maximum Gasteiger partial charge on any atom is 4.00 e. The minimum Gasteiger partial charge on any atom is -0.669 e. The van der Waals surface area contributed by atoms with Gasteiger partial charge in [0.25, 0.3) is 6.20 Å². The summed E-state index contributed by atoms with van der Waals surface area (Å²) in [7, 11) is 1.95. The number of hydrogen-bond donors (Lipinski definition) is 0. The fourth-order valence-electron chi connectivity index (χ4n) is 4.27. The molecule has 0 atom stereocenters. The van der Waals surface area contributed by atoms with Gasteiger partial charge >= 0.3 is 48.1 Å². The first-order valence-corrected chi connectivity index (χ1v) is 15.6. The third-order valence-electron chi connectivity index (χ3n) is 6.38. The van der Waals surface area contributed by atoms with Crippen molar-refractivity contribution in [3.8, 4) is 28.4 Å². The van der Waals surface area contributed by atoms with E-state index in [1.807, 2.05) is 95.3 Å². The Labute approximate surface area is 313 Å². The number of aromatic nitrogens is 2. The van der Waals surface area contributed by atoms with Crippen LogP contribution >= 0.6 is 23.5 Å². The van der Waals surface area contributed by atoms with Crippen LogP contribution < -0.4 is 0 Å². The van der Waals surface area contributed by atoms with Gasteiger partial charge in [0.15, 0.2) is 7.05 Å². The van der Waals surface area contributed by atoms with Crippen molar-refractivity contribution in [2.75, 3.05) is 7.05 Å². The quantitative estimate of drug-likeness (QED) is 0.0912. The second-order valence-electron chi connectivity index (χ2n) is 9.62. The molecule has 0 radical (unpaired) electrons. The molecule has 0 N–H and O–H groups in total. The van der Waals surface area contributed by atoms with Crippen molar-refractivity contribution < 1.29 is 51.3 Å². The molecule has 0 saturated heterocycles. The van der Waals surface area contributed by atoms with Crippen LogP contribution in [0.2, 0.25) is 0 Å². The van der Waals surface area contributed by atoms with Gasteiger partial charge in [0.1, 0.15) is 5.69 Å². The molecule has 0 fully saturated rings. The predicted molar refractivity (Wildman–Crippen MR) is 178 cm³/mol. The molecule has 1 aliphatic heterocycles. The van der Waals surface area contributed by atoms with Crippen LogP contribution in [-0.2, 0) is 42.1 Å². The van der Waals surface area contributed by atoms with Crippen molar-refractivity contribution >= 4 is 35.2 Å². The van der Waals surface area contributed by atoms with Crippen LogP contribution in [0.3, 0.4) is 0 Å². The van der Waals surface area contributed by atoms with Crippen LogP contribution in [0.1, 0.15) is 0 Å². The van der Waals surface area contributed by atoms with Crippen molar-refractivity contribution in [2.45, 2.75) is 19.6 Å². The summed E-state index contributed by atoms with van der Waals surface area (Å²) in [5, 5.41) is 0. The van der Waals surface area contributed by atoms with E-state index in [0.717, 1.165) is 47.7 Å². The fraction of sp³-hybridized carbons (Fsp3) is 0.0256. The number of benzene rings is 4. The molecule has 4 nitrogen and oxygen atoms in total. The van der Waals surface area contributed by atoms with Crippen LogP contribution in [0.5, 0.6) is 0 Å². The van der Waals surface area contributed by atoms with Gasteiger partial charge in [-0.2, -0.15) is 54.6 Å². The van der Waals surface area contributed by atoms with E-state index in [1.54, 1.807) is 46.7 Å². The largest absolute Gasteiger partial charge is 4.00 e. The summed E-state index contributed by atoms with van der Waals surface area (Å²) in [4.78, 5) is 8.70. The molecule has 0 unspecified atom stereocenters. The van der Waals surface area contributed by atoms with Crippen LogP contribution in [0.25, 0.3) is 22.4 Å². The Kier molecular flexibility index (Phi) is 13.6. The zero-order valence-electron chi connectivity index (χ0n) is 24.9. The number of nitrogens with zero attached hydrogens (tertiary/aromatic N) is 4. The molecule has 0 aliphatic carbocycles. The van der Waals surface area contributed by atoms with Gasteiger partial charge in [-0.25, -0.2) is 24.2 Å². The first-order chi connectivity index (χ1) is 22.1. The van der Waals surface area contributed by atoms with E-state index in [-0.39, 0.29) is 42.1 Å². The maximum atomic E-state index is 6.57. The minimum absolute atomic E-state index is 0. The van der Waals surface area contributed by atoms with Gasteiger partial charge in [0, 0.05) is 12.4 Å². The molecule has 0 spiro atoms. The summed E-state index contributed by atoms with van der Waals surface area (Å²) in [5.74, 6) is 0. The molecule has 2 aromatic heterocycles. The summed E-state index contributed by atoms with van der Waals surface area (Å²) in [6, 6.07) is 54.5. The van der Waals surface area contributed by atoms with E-state index in [2.05, 4.69) is 77.7 Å². The molecule has 47 heavy (non-hydrogen) atoms. The average Bonchev–Trinajstić information content (AvgIpc) is 3.78. The number of hydrogen-bond acceptors (Lipinski definition) is 3. The second-order valence-corrected chi connectivity index (χ2v) is 11.8. The van der Waals surface area contributed by atoms with E-state index in [1.165, 1.54) is 0 Å². The molecule has 0 bridgehead atoms. The molecule has 4 aromatic carbocycles. The Morgan fingerprint density at radius 2 is 1.40 bits per heavy atom. The summed E-state index contributed by atoms with van der Waals surface area (Å²) >= 11 is 3.27. The third kappa shape index (κ3) is 10.0. The van der Waals surface area contributed by atoms with Gasteiger partial charge in [-0.1, -0.05) is 47.9 Å². The summed E-state index contributed by atoms with van der Waals surface area (Å²) < 4.78 is 5.36. The van der Waals surface area contributed by atoms with Gasteiger partial charge in [0.2, 0.25) is 6.20 Å². The standard InChI is InChI=1S/C33H20N3S2.C6H4N.2Pt/c1-35-18-19-36(24-35)28-10-7-15-32(23-28)38-31-14-6-9-27(21-31)33-22-26(16-17-34-33)25-8-5-13-30(20-25)37-29-11-3-2-4-12-29;1-2-7-5-3-4-6-7;;/h2-11,13-15,17-19,22H,1H3;3-6H;;/q-3;-1;+2;+4. The average molecular weight is 1000 g/mol. The Morgan fingerprint density at radius 1 is 0.745 bits per heavy atom. The minimum atomic E-state index is 0. The Balaban J connectivity index is 0.000000495.